The maximum absolute atomic E-state index is 12.5. The van der Waals surface area contributed by atoms with E-state index in [-0.39, 0.29) is 12.0 Å². The third kappa shape index (κ3) is 1.82. The lowest BCUT2D eigenvalue weighted by Crippen LogP contribution is -2.41. The molecule has 0 saturated carbocycles. The van der Waals surface area contributed by atoms with Crippen molar-refractivity contribution in [2.45, 2.75) is 12.5 Å². The van der Waals surface area contributed by atoms with Crippen molar-refractivity contribution in [2.24, 2.45) is 11.8 Å². The van der Waals surface area contributed by atoms with E-state index < -0.39 is 0 Å². The first-order valence-electron chi connectivity index (χ1n) is 7.05. The van der Waals surface area contributed by atoms with Gasteiger partial charge in [-0.2, -0.15) is 0 Å². The Labute approximate surface area is 112 Å². The van der Waals surface area contributed by atoms with Crippen molar-refractivity contribution in [3.63, 3.8) is 0 Å². The van der Waals surface area contributed by atoms with E-state index >= 15 is 0 Å². The fourth-order valence-electron chi connectivity index (χ4n) is 3.56. The molecule has 0 aromatic heterocycles. The highest BCUT2D eigenvalue weighted by molar-refractivity contribution is 5.83. The maximum Gasteiger partial charge on any atom is 0.264 e. The van der Waals surface area contributed by atoms with E-state index in [1.54, 1.807) is 0 Å². The summed E-state index contributed by atoms with van der Waals surface area (Å²) >= 11 is 0. The van der Waals surface area contributed by atoms with Crippen LogP contribution in [0.15, 0.2) is 24.3 Å². The van der Waals surface area contributed by atoms with E-state index in [1.165, 1.54) is 0 Å². The zero-order valence-electron chi connectivity index (χ0n) is 10.8. The van der Waals surface area contributed by atoms with Gasteiger partial charge in [0.2, 0.25) is 0 Å². The summed E-state index contributed by atoms with van der Waals surface area (Å²) in [6, 6.07) is 7.95. The summed E-state index contributed by atoms with van der Waals surface area (Å²) in [4.78, 5) is 14.5. The second-order valence-electron chi connectivity index (χ2n) is 5.84. The molecular formula is C15H18N2O2. The Hall–Kier alpha value is -1.55. The average molecular weight is 258 g/mol. The summed E-state index contributed by atoms with van der Waals surface area (Å²) in [5.41, 5.74) is 1.15. The third-order valence-electron chi connectivity index (χ3n) is 4.62. The Morgan fingerprint density at radius 3 is 2.68 bits per heavy atom. The molecule has 1 amide bonds. The van der Waals surface area contributed by atoms with Gasteiger partial charge in [-0.3, -0.25) is 4.79 Å². The molecule has 2 saturated heterocycles. The molecule has 2 fully saturated rings. The van der Waals surface area contributed by atoms with E-state index in [1.807, 2.05) is 29.2 Å². The van der Waals surface area contributed by atoms with Crippen molar-refractivity contribution < 1.29 is 9.53 Å². The zero-order chi connectivity index (χ0) is 12.8. The smallest absolute Gasteiger partial charge is 0.264 e. The number of nitrogens with one attached hydrogen (secondary N) is 1. The van der Waals surface area contributed by atoms with Crippen LogP contribution >= 0.6 is 0 Å². The number of ether oxygens (including phenoxy) is 1. The maximum atomic E-state index is 12.5. The van der Waals surface area contributed by atoms with Crippen LogP contribution in [-0.4, -0.2) is 43.1 Å². The van der Waals surface area contributed by atoms with Gasteiger partial charge in [-0.05, 0) is 23.5 Å². The van der Waals surface area contributed by atoms with E-state index in [4.69, 9.17) is 4.74 Å². The lowest BCUT2D eigenvalue weighted by Gasteiger charge is -2.21. The van der Waals surface area contributed by atoms with Gasteiger partial charge in [0.25, 0.3) is 5.91 Å². The van der Waals surface area contributed by atoms with Crippen LogP contribution in [0.25, 0.3) is 0 Å². The second-order valence-corrected chi connectivity index (χ2v) is 5.84. The number of amides is 1. The van der Waals surface area contributed by atoms with E-state index in [9.17, 15) is 4.79 Å². The van der Waals surface area contributed by atoms with Gasteiger partial charge in [0.05, 0.1) is 0 Å². The Morgan fingerprint density at radius 2 is 1.95 bits per heavy atom. The Kier molecular flexibility index (Phi) is 2.52. The predicted octanol–water partition coefficient (Wildman–Crippen LogP) is 0.668. The van der Waals surface area contributed by atoms with Crippen LogP contribution in [0.2, 0.25) is 0 Å². The first kappa shape index (κ1) is 11.3. The first-order valence-corrected chi connectivity index (χ1v) is 7.05. The summed E-state index contributed by atoms with van der Waals surface area (Å²) < 4.78 is 5.80. The topological polar surface area (TPSA) is 41.6 Å². The molecule has 0 radical (unpaired) electrons. The van der Waals surface area contributed by atoms with Crippen molar-refractivity contribution in [2.75, 3.05) is 26.2 Å². The van der Waals surface area contributed by atoms with Crippen molar-refractivity contribution in [1.29, 1.82) is 0 Å². The molecular weight excluding hydrogens is 240 g/mol. The van der Waals surface area contributed by atoms with Crippen molar-refractivity contribution in [1.82, 2.24) is 10.2 Å². The zero-order valence-corrected chi connectivity index (χ0v) is 10.8. The van der Waals surface area contributed by atoms with E-state index in [0.717, 1.165) is 43.9 Å². The number of carbonyl (C=O) groups is 1. The van der Waals surface area contributed by atoms with E-state index in [0.29, 0.717) is 11.8 Å². The lowest BCUT2D eigenvalue weighted by atomic mass is 10.0. The number of hydrogen-bond donors (Lipinski definition) is 1. The lowest BCUT2D eigenvalue weighted by molar-refractivity contribution is -0.137. The molecule has 1 aromatic rings. The Balaban J connectivity index is 1.46. The van der Waals surface area contributed by atoms with Gasteiger partial charge < -0.3 is 15.0 Å². The highest BCUT2D eigenvalue weighted by atomic mass is 16.5. The van der Waals surface area contributed by atoms with Gasteiger partial charge in [-0.15, -0.1) is 0 Å². The summed E-state index contributed by atoms with van der Waals surface area (Å²) in [6.45, 7) is 3.90. The number of nitrogens with zero attached hydrogens (tertiary/aromatic N) is 1. The highest BCUT2D eigenvalue weighted by Crippen LogP contribution is 2.31. The quantitative estimate of drug-likeness (QED) is 0.805. The molecule has 4 nitrogen and oxygen atoms in total. The van der Waals surface area contributed by atoms with Crippen LogP contribution in [0.3, 0.4) is 0 Å². The molecule has 3 aliphatic rings. The minimum atomic E-state index is -0.302. The van der Waals surface area contributed by atoms with E-state index in [2.05, 4.69) is 5.32 Å². The third-order valence-corrected chi connectivity index (χ3v) is 4.62. The van der Waals surface area contributed by atoms with Crippen LogP contribution in [0, 0.1) is 11.8 Å². The normalized spacial score (nSPS) is 32.0. The molecule has 4 heteroatoms. The Bertz CT molecular complexity index is 480. The van der Waals surface area contributed by atoms with Crippen LogP contribution in [-0.2, 0) is 11.2 Å². The number of hydrogen-bond acceptors (Lipinski definition) is 3. The van der Waals surface area contributed by atoms with Crippen LogP contribution in [0.1, 0.15) is 5.56 Å². The SMILES string of the molecule is O=C(C1Cc2ccccc2O1)N1CC2CNCC2C1. The molecule has 1 N–H and O–H groups in total. The fraction of sp³-hybridized carbons (Fsp3) is 0.533. The fourth-order valence-corrected chi connectivity index (χ4v) is 3.56. The first-order chi connectivity index (χ1) is 9.31. The molecule has 0 spiro atoms. The molecule has 0 bridgehead atoms. The largest absolute Gasteiger partial charge is 0.480 e. The van der Waals surface area contributed by atoms with Gasteiger partial charge >= 0.3 is 0 Å². The number of para-hydroxylation sites is 1. The molecule has 100 valence electrons. The van der Waals surface area contributed by atoms with Gasteiger partial charge in [0, 0.05) is 32.6 Å². The van der Waals surface area contributed by atoms with Gasteiger partial charge in [0.1, 0.15) is 5.75 Å². The van der Waals surface area contributed by atoms with Crippen LogP contribution < -0.4 is 10.1 Å². The molecule has 3 unspecified atom stereocenters. The summed E-state index contributed by atoms with van der Waals surface area (Å²) in [6.07, 6.45) is 0.420. The highest BCUT2D eigenvalue weighted by Gasteiger charge is 2.41. The minimum absolute atomic E-state index is 0.172. The second kappa shape index (κ2) is 4.23. The number of benzene rings is 1. The molecule has 0 aliphatic carbocycles. The molecule has 3 heterocycles. The molecule has 3 aliphatic heterocycles. The van der Waals surface area contributed by atoms with Gasteiger partial charge in [0.15, 0.2) is 6.10 Å². The summed E-state index contributed by atoms with van der Waals surface area (Å²) in [7, 11) is 0. The molecule has 3 atom stereocenters. The monoisotopic (exact) mass is 258 g/mol. The average Bonchev–Trinajstić information content (AvgIpc) is 3.10. The van der Waals surface area contributed by atoms with Gasteiger partial charge in [-0.25, -0.2) is 0 Å². The number of fused-ring (bicyclic) bond motifs is 2. The standard InChI is InChI=1S/C15H18N2O2/c18-15(17-8-11-6-16-7-12(11)9-17)14-5-10-3-1-2-4-13(10)19-14/h1-4,11-12,14,16H,5-9H2. The van der Waals surface area contributed by atoms with Crippen LogP contribution in [0.4, 0.5) is 0 Å². The summed E-state index contributed by atoms with van der Waals surface area (Å²) in [5, 5.41) is 3.40. The van der Waals surface area contributed by atoms with Crippen LogP contribution in [0.5, 0.6) is 5.75 Å². The predicted molar refractivity (Wildman–Crippen MR) is 71.0 cm³/mol. The van der Waals surface area contributed by atoms with Crippen molar-refractivity contribution in [3.8, 4) is 5.75 Å². The molecule has 4 rings (SSSR count). The summed E-state index contributed by atoms with van der Waals surface area (Å²) in [5.74, 6) is 2.34. The molecule has 1 aromatic carbocycles. The number of rotatable bonds is 1. The molecule has 19 heavy (non-hydrogen) atoms. The Morgan fingerprint density at radius 1 is 1.21 bits per heavy atom. The number of carbonyl (C=O) groups excluding carboxylic acids is 1. The van der Waals surface area contributed by atoms with Crippen molar-refractivity contribution >= 4 is 5.91 Å². The van der Waals surface area contributed by atoms with Gasteiger partial charge in [-0.1, -0.05) is 18.2 Å². The number of likely N-dealkylation sites (tertiary alicyclic amines) is 1. The van der Waals surface area contributed by atoms with Crippen molar-refractivity contribution in [3.05, 3.63) is 29.8 Å². The minimum Gasteiger partial charge on any atom is -0.480 e.